The lowest BCUT2D eigenvalue weighted by molar-refractivity contribution is 0.483. The second-order valence-electron chi connectivity index (χ2n) is 4.69. The molecule has 0 aliphatic rings. The second kappa shape index (κ2) is 6.84. The van der Waals surface area contributed by atoms with Gasteiger partial charge in [0.15, 0.2) is 0 Å². The number of aryl methyl sites for hydroxylation is 2. The Morgan fingerprint density at radius 1 is 1.37 bits per heavy atom. The molecule has 1 aromatic heterocycles. The molecule has 2 aromatic rings. The van der Waals surface area contributed by atoms with Crippen molar-refractivity contribution in [1.29, 1.82) is 0 Å². The largest absolute Gasteiger partial charge is 0.338 e. The van der Waals surface area contributed by atoms with E-state index in [-0.39, 0.29) is 6.04 Å². The lowest BCUT2D eigenvalue weighted by atomic mass is 10.0. The van der Waals surface area contributed by atoms with Crippen LogP contribution in [0, 0.1) is 0 Å². The molecule has 0 amide bonds. The summed E-state index contributed by atoms with van der Waals surface area (Å²) in [6.45, 7) is 0. The quantitative estimate of drug-likeness (QED) is 0.633. The zero-order chi connectivity index (χ0) is 13.7. The van der Waals surface area contributed by atoms with Crippen molar-refractivity contribution in [3.63, 3.8) is 0 Å². The Labute approximate surface area is 122 Å². The fourth-order valence-corrected chi connectivity index (χ4v) is 2.35. The van der Waals surface area contributed by atoms with Gasteiger partial charge in [-0.3, -0.25) is 11.3 Å². The maximum Gasteiger partial charge on any atom is 0.108 e. The Morgan fingerprint density at radius 2 is 2.11 bits per heavy atom. The molecule has 5 heteroatoms. The topological polar surface area (TPSA) is 55.9 Å². The highest BCUT2D eigenvalue weighted by Crippen LogP contribution is 2.13. The molecular weight excluding hydrogens is 304 g/mol. The summed E-state index contributed by atoms with van der Waals surface area (Å²) >= 11 is 3.44. The summed E-state index contributed by atoms with van der Waals surface area (Å²) in [5, 5.41) is 0. The fraction of sp³-hybridized carbons (Fsp3) is 0.357. The first kappa shape index (κ1) is 14.2. The average Bonchev–Trinajstić information content (AvgIpc) is 2.82. The molecule has 102 valence electrons. The number of imidazole rings is 1. The lowest BCUT2D eigenvalue weighted by Crippen LogP contribution is -2.37. The third-order valence-corrected chi connectivity index (χ3v) is 3.80. The average molecular weight is 323 g/mol. The van der Waals surface area contributed by atoms with Crippen LogP contribution in [0.5, 0.6) is 0 Å². The Bertz CT molecular complexity index is 506. The van der Waals surface area contributed by atoms with E-state index in [2.05, 4.69) is 50.6 Å². The number of nitrogens with two attached hydrogens (primary N) is 1. The summed E-state index contributed by atoms with van der Waals surface area (Å²) < 4.78 is 3.15. The van der Waals surface area contributed by atoms with Crippen molar-refractivity contribution in [3.05, 3.63) is 52.5 Å². The molecule has 19 heavy (non-hydrogen) atoms. The number of halogens is 1. The molecule has 1 atom stereocenters. The molecular formula is C14H19BrN4. The summed E-state index contributed by atoms with van der Waals surface area (Å²) in [5.41, 5.74) is 4.18. The Balaban J connectivity index is 1.90. The van der Waals surface area contributed by atoms with Crippen LogP contribution in [0.15, 0.2) is 41.1 Å². The number of rotatable bonds is 6. The molecule has 1 aromatic carbocycles. The highest BCUT2D eigenvalue weighted by molar-refractivity contribution is 9.10. The van der Waals surface area contributed by atoms with Crippen molar-refractivity contribution < 1.29 is 0 Å². The first-order valence-corrected chi connectivity index (χ1v) is 7.15. The molecule has 1 heterocycles. The fourth-order valence-electron chi connectivity index (χ4n) is 2.09. The molecule has 3 N–H and O–H groups in total. The SMILES string of the molecule is Cn1ccnc1CCC(Cc1ccc(Br)cc1)NN. The molecule has 2 rings (SSSR count). The monoisotopic (exact) mass is 322 g/mol. The van der Waals surface area contributed by atoms with Gasteiger partial charge in [-0.05, 0) is 30.5 Å². The molecule has 4 nitrogen and oxygen atoms in total. The van der Waals surface area contributed by atoms with Gasteiger partial charge >= 0.3 is 0 Å². The van der Waals surface area contributed by atoms with Crippen LogP contribution in [-0.2, 0) is 19.9 Å². The van der Waals surface area contributed by atoms with E-state index in [1.54, 1.807) is 0 Å². The molecule has 0 radical (unpaired) electrons. The van der Waals surface area contributed by atoms with Crippen molar-refractivity contribution in [2.24, 2.45) is 12.9 Å². The van der Waals surface area contributed by atoms with Gasteiger partial charge in [-0.2, -0.15) is 0 Å². The highest BCUT2D eigenvalue weighted by Gasteiger charge is 2.09. The molecule has 0 spiro atoms. The molecule has 0 saturated heterocycles. The zero-order valence-corrected chi connectivity index (χ0v) is 12.6. The number of hydrogen-bond acceptors (Lipinski definition) is 3. The van der Waals surface area contributed by atoms with Crippen LogP contribution in [-0.4, -0.2) is 15.6 Å². The molecule has 0 fully saturated rings. The minimum atomic E-state index is 0.262. The van der Waals surface area contributed by atoms with Crippen molar-refractivity contribution in [2.75, 3.05) is 0 Å². The van der Waals surface area contributed by atoms with Crippen molar-refractivity contribution in [1.82, 2.24) is 15.0 Å². The van der Waals surface area contributed by atoms with Crippen LogP contribution >= 0.6 is 15.9 Å². The van der Waals surface area contributed by atoms with Crippen LogP contribution < -0.4 is 11.3 Å². The predicted molar refractivity (Wildman–Crippen MR) is 80.5 cm³/mol. The third-order valence-electron chi connectivity index (χ3n) is 3.27. The summed E-state index contributed by atoms with van der Waals surface area (Å²) in [6.07, 6.45) is 6.62. The lowest BCUT2D eigenvalue weighted by Gasteiger charge is -2.15. The van der Waals surface area contributed by atoms with Gasteiger partial charge in [0, 0.05) is 36.4 Å². The molecule has 0 saturated carbocycles. The van der Waals surface area contributed by atoms with E-state index >= 15 is 0 Å². The van der Waals surface area contributed by atoms with E-state index in [1.807, 2.05) is 24.0 Å². The second-order valence-corrected chi connectivity index (χ2v) is 5.60. The van der Waals surface area contributed by atoms with Crippen molar-refractivity contribution >= 4 is 15.9 Å². The van der Waals surface area contributed by atoms with E-state index in [9.17, 15) is 0 Å². The Kier molecular flexibility index (Phi) is 5.13. The van der Waals surface area contributed by atoms with Crippen LogP contribution in [0.3, 0.4) is 0 Å². The van der Waals surface area contributed by atoms with Crippen LogP contribution in [0.1, 0.15) is 17.8 Å². The number of hydrogen-bond donors (Lipinski definition) is 2. The summed E-state index contributed by atoms with van der Waals surface area (Å²) in [6, 6.07) is 8.62. The number of nitrogens with one attached hydrogen (secondary N) is 1. The Hall–Kier alpha value is -1.17. The van der Waals surface area contributed by atoms with E-state index in [0.29, 0.717) is 0 Å². The first-order chi connectivity index (χ1) is 9.19. The number of benzene rings is 1. The number of nitrogens with zero attached hydrogens (tertiary/aromatic N) is 2. The van der Waals surface area contributed by atoms with Crippen molar-refractivity contribution in [2.45, 2.75) is 25.3 Å². The van der Waals surface area contributed by atoms with Gasteiger partial charge in [0.05, 0.1) is 0 Å². The summed E-state index contributed by atoms with van der Waals surface area (Å²) in [4.78, 5) is 4.33. The van der Waals surface area contributed by atoms with Crippen LogP contribution in [0.4, 0.5) is 0 Å². The Morgan fingerprint density at radius 3 is 2.68 bits per heavy atom. The molecule has 0 bridgehead atoms. The molecule has 0 aliphatic heterocycles. The third kappa shape index (κ3) is 4.16. The van der Waals surface area contributed by atoms with Gasteiger partial charge in [-0.15, -0.1) is 0 Å². The van der Waals surface area contributed by atoms with Gasteiger partial charge in [-0.25, -0.2) is 4.98 Å². The van der Waals surface area contributed by atoms with Gasteiger partial charge in [-0.1, -0.05) is 28.1 Å². The van der Waals surface area contributed by atoms with Crippen molar-refractivity contribution in [3.8, 4) is 0 Å². The van der Waals surface area contributed by atoms with E-state index in [4.69, 9.17) is 5.84 Å². The maximum absolute atomic E-state index is 5.64. The van der Waals surface area contributed by atoms with Gasteiger partial charge in [0.2, 0.25) is 0 Å². The normalized spacial score (nSPS) is 12.6. The van der Waals surface area contributed by atoms with E-state index in [1.165, 1.54) is 5.56 Å². The van der Waals surface area contributed by atoms with E-state index < -0.39 is 0 Å². The first-order valence-electron chi connectivity index (χ1n) is 6.36. The minimum Gasteiger partial charge on any atom is -0.338 e. The van der Waals surface area contributed by atoms with Crippen LogP contribution in [0.25, 0.3) is 0 Å². The standard InChI is InChI=1S/C14H19BrN4/c1-19-9-8-17-14(19)7-6-13(18-16)10-11-2-4-12(15)5-3-11/h2-5,8-9,13,18H,6-7,10,16H2,1H3. The smallest absolute Gasteiger partial charge is 0.108 e. The predicted octanol–water partition coefficient (Wildman–Crippen LogP) is 2.19. The summed E-state index contributed by atoms with van der Waals surface area (Å²) in [5.74, 6) is 6.74. The van der Waals surface area contributed by atoms with Gasteiger partial charge in [0.25, 0.3) is 0 Å². The van der Waals surface area contributed by atoms with Crippen LogP contribution in [0.2, 0.25) is 0 Å². The van der Waals surface area contributed by atoms with Gasteiger partial charge in [0.1, 0.15) is 5.82 Å². The number of hydrazine groups is 1. The molecule has 1 unspecified atom stereocenters. The van der Waals surface area contributed by atoms with E-state index in [0.717, 1.165) is 29.6 Å². The minimum absolute atomic E-state index is 0.262. The molecule has 0 aliphatic carbocycles. The van der Waals surface area contributed by atoms with Gasteiger partial charge < -0.3 is 4.57 Å². The maximum atomic E-state index is 5.64. The zero-order valence-electron chi connectivity index (χ0n) is 11.0. The highest BCUT2D eigenvalue weighted by atomic mass is 79.9. The number of aromatic nitrogens is 2. The summed E-state index contributed by atoms with van der Waals surface area (Å²) in [7, 11) is 2.02.